The summed E-state index contributed by atoms with van der Waals surface area (Å²) in [7, 11) is 3.08. The van der Waals surface area contributed by atoms with Crippen LogP contribution in [0.3, 0.4) is 0 Å². The second-order valence-corrected chi connectivity index (χ2v) is 8.36. The van der Waals surface area contributed by atoms with Gasteiger partial charge in [-0.2, -0.15) is 0 Å². The lowest BCUT2D eigenvalue weighted by atomic mass is 9.64. The zero-order valence-corrected chi connectivity index (χ0v) is 19.4. The molecule has 0 radical (unpaired) electrons. The number of aldehydes is 1. The van der Waals surface area contributed by atoms with Crippen LogP contribution in [-0.4, -0.2) is 46.2 Å². The summed E-state index contributed by atoms with van der Waals surface area (Å²) < 4.78 is 20.2. The van der Waals surface area contributed by atoms with Crippen LogP contribution in [0.15, 0.2) is 34.9 Å². The minimum atomic E-state index is -0.379. The van der Waals surface area contributed by atoms with Crippen molar-refractivity contribution >= 4 is 12.3 Å². The zero-order chi connectivity index (χ0) is 22.6. The minimum Gasteiger partial charge on any atom is -0.435 e. The molecule has 6 heteroatoms. The van der Waals surface area contributed by atoms with E-state index in [2.05, 4.69) is 26.8 Å². The summed E-state index contributed by atoms with van der Waals surface area (Å²) in [5.74, 6) is -0.0455. The van der Waals surface area contributed by atoms with E-state index in [1.54, 1.807) is 7.11 Å². The molecule has 0 heterocycles. The molecule has 1 aliphatic carbocycles. The number of allylic oxidation sites excluding steroid dienone is 4. The van der Waals surface area contributed by atoms with Crippen molar-refractivity contribution in [2.24, 2.45) is 11.3 Å². The molecular weight excluding hydrogens is 384 g/mol. The summed E-state index contributed by atoms with van der Waals surface area (Å²) in [6.07, 6.45) is 11.0. The quantitative estimate of drug-likeness (QED) is 0.140. The third-order valence-electron chi connectivity index (χ3n) is 5.98. The van der Waals surface area contributed by atoms with E-state index in [9.17, 15) is 9.59 Å². The summed E-state index contributed by atoms with van der Waals surface area (Å²) in [6.45, 7) is 8.61. The lowest BCUT2D eigenvalue weighted by molar-refractivity contribution is -0.147. The third-order valence-corrected chi connectivity index (χ3v) is 5.98. The molecule has 0 saturated carbocycles. The van der Waals surface area contributed by atoms with Gasteiger partial charge in [-0.3, -0.25) is 4.79 Å². The van der Waals surface area contributed by atoms with Gasteiger partial charge in [-0.25, -0.2) is 4.79 Å². The van der Waals surface area contributed by atoms with E-state index < -0.39 is 0 Å². The van der Waals surface area contributed by atoms with E-state index in [-0.39, 0.29) is 31.1 Å². The van der Waals surface area contributed by atoms with E-state index in [1.165, 1.54) is 18.8 Å². The monoisotopic (exact) mass is 422 g/mol. The number of hydrogen-bond donors (Lipinski definition) is 0. The van der Waals surface area contributed by atoms with Gasteiger partial charge in [-0.15, -0.1) is 0 Å². The lowest BCUT2D eigenvalue weighted by Crippen LogP contribution is -2.36. The molecule has 0 aromatic heterocycles. The van der Waals surface area contributed by atoms with E-state index in [4.69, 9.17) is 18.9 Å². The Hall–Kier alpha value is -1.76. The third kappa shape index (κ3) is 8.54. The average Bonchev–Trinajstić information content (AvgIpc) is 2.71. The molecule has 0 aromatic rings. The Morgan fingerprint density at radius 3 is 2.50 bits per heavy atom. The molecule has 0 aromatic carbocycles. The van der Waals surface area contributed by atoms with Crippen LogP contribution in [0.1, 0.15) is 59.8 Å². The molecule has 1 rings (SSSR count). The summed E-state index contributed by atoms with van der Waals surface area (Å²) in [6, 6.07) is 0. The standard InChI is InChI=1S/C24H38O6/c1-18(8-7-9-19(2)12-23(26)30-17-28-6)10-11-24(4)20(3)13-22(29-16-27-5)14-21(24)15-25/h8,12,14-15,20,22H,7,9-11,13,16-17H2,1-6H3/b18-8+,19-12+/t20-,22+,24+/m1/s1. The molecule has 0 bridgehead atoms. The van der Waals surface area contributed by atoms with E-state index in [0.717, 1.165) is 49.5 Å². The van der Waals surface area contributed by atoms with Gasteiger partial charge in [-0.05, 0) is 68.9 Å². The molecule has 0 aliphatic heterocycles. The topological polar surface area (TPSA) is 71.1 Å². The number of esters is 1. The molecule has 170 valence electrons. The predicted molar refractivity (Wildman–Crippen MR) is 117 cm³/mol. The van der Waals surface area contributed by atoms with Gasteiger partial charge in [0.05, 0.1) is 6.10 Å². The molecule has 0 saturated heterocycles. The van der Waals surface area contributed by atoms with Gasteiger partial charge in [0.15, 0.2) is 6.79 Å². The van der Waals surface area contributed by atoms with Crippen molar-refractivity contribution in [1.29, 1.82) is 0 Å². The predicted octanol–water partition coefficient (Wildman–Crippen LogP) is 4.75. The van der Waals surface area contributed by atoms with Crippen molar-refractivity contribution in [2.75, 3.05) is 27.8 Å². The zero-order valence-electron chi connectivity index (χ0n) is 19.4. The van der Waals surface area contributed by atoms with Crippen molar-refractivity contribution in [1.82, 2.24) is 0 Å². The van der Waals surface area contributed by atoms with Crippen LogP contribution < -0.4 is 0 Å². The van der Waals surface area contributed by atoms with Gasteiger partial charge in [0.1, 0.15) is 13.1 Å². The largest absolute Gasteiger partial charge is 0.435 e. The Morgan fingerprint density at radius 2 is 1.87 bits per heavy atom. The van der Waals surface area contributed by atoms with Gasteiger partial charge < -0.3 is 18.9 Å². The highest BCUT2D eigenvalue weighted by Gasteiger charge is 2.39. The van der Waals surface area contributed by atoms with Crippen molar-refractivity contribution < 1.29 is 28.5 Å². The Balaban J connectivity index is 2.61. The molecule has 0 amide bonds. The van der Waals surface area contributed by atoms with Crippen molar-refractivity contribution in [2.45, 2.75) is 65.9 Å². The molecule has 0 unspecified atom stereocenters. The first-order valence-corrected chi connectivity index (χ1v) is 10.5. The summed E-state index contributed by atoms with van der Waals surface area (Å²) in [5.41, 5.74) is 2.93. The Bertz CT molecular complexity index is 648. The number of rotatable bonds is 13. The van der Waals surface area contributed by atoms with Crippen molar-refractivity contribution in [3.63, 3.8) is 0 Å². The van der Waals surface area contributed by atoms with E-state index in [1.807, 2.05) is 13.0 Å². The first-order valence-electron chi connectivity index (χ1n) is 10.5. The van der Waals surface area contributed by atoms with Crippen LogP contribution in [0.5, 0.6) is 0 Å². The van der Waals surface area contributed by atoms with Crippen LogP contribution in [0.2, 0.25) is 0 Å². The second kappa shape index (κ2) is 13.5. The maximum Gasteiger partial charge on any atom is 0.332 e. The van der Waals surface area contributed by atoms with Crippen molar-refractivity contribution in [3.8, 4) is 0 Å². The smallest absolute Gasteiger partial charge is 0.332 e. The van der Waals surface area contributed by atoms with Crippen LogP contribution in [0.4, 0.5) is 0 Å². The van der Waals surface area contributed by atoms with Gasteiger partial charge >= 0.3 is 5.97 Å². The molecule has 0 N–H and O–H groups in total. The molecule has 0 spiro atoms. The SMILES string of the molecule is COCOC(=O)/C=C(\C)CC/C=C(\C)CC[C@]1(C)C(C=O)=C[C@@H](OCOC)C[C@H]1C. The Labute approximate surface area is 181 Å². The molecule has 6 nitrogen and oxygen atoms in total. The Morgan fingerprint density at radius 1 is 1.17 bits per heavy atom. The molecule has 0 fully saturated rings. The fraction of sp³-hybridized carbons (Fsp3) is 0.667. The lowest BCUT2D eigenvalue weighted by Gasteiger charge is -2.41. The number of ether oxygens (including phenoxy) is 4. The van der Waals surface area contributed by atoms with Crippen LogP contribution in [0, 0.1) is 11.3 Å². The number of carbonyl (C=O) groups excluding carboxylic acids is 2. The second-order valence-electron chi connectivity index (χ2n) is 8.36. The van der Waals surface area contributed by atoms with Gasteiger partial charge in [-0.1, -0.05) is 31.1 Å². The number of hydrogen-bond acceptors (Lipinski definition) is 6. The van der Waals surface area contributed by atoms with Crippen LogP contribution in [-0.2, 0) is 28.5 Å². The molecular formula is C24H38O6. The maximum atomic E-state index is 11.8. The molecule has 30 heavy (non-hydrogen) atoms. The first kappa shape index (κ1) is 26.3. The average molecular weight is 423 g/mol. The molecule has 3 atom stereocenters. The fourth-order valence-corrected chi connectivity index (χ4v) is 3.73. The normalized spacial score (nSPS) is 25.1. The van der Waals surface area contributed by atoms with Gasteiger partial charge in [0.2, 0.25) is 0 Å². The van der Waals surface area contributed by atoms with E-state index in [0.29, 0.717) is 5.92 Å². The van der Waals surface area contributed by atoms with Crippen LogP contribution in [0.25, 0.3) is 0 Å². The maximum absolute atomic E-state index is 11.8. The minimum absolute atomic E-state index is 0.0324. The number of carbonyl (C=O) groups is 2. The van der Waals surface area contributed by atoms with E-state index >= 15 is 0 Å². The highest BCUT2D eigenvalue weighted by molar-refractivity contribution is 5.82. The van der Waals surface area contributed by atoms with Crippen molar-refractivity contribution in [3.05, 3.63) is 34.9 Å². The highest BCUT2D eigenvalue weighted by Crippen LogP contribution is 2.45. The Kier molecular flexibility index (Phi) is 11.8. The summed E-state index contributed by atoms with van der Waals surface area (Å²) in [5, 5.41) is 0. The molecule has 1 aliphatic rings. The van der Waals surface area contributed by atoms with Gasteiger partial charge in [0.25, 0.3) is 0 Å². The first-order chi connectivity index (χ1) is 14.3. The van der Waals surface area contributed by atoms with Gasteiger partial charge in [0, 0.05) is 20.3 Å². The summed E-state index contributed by atoms with van der Waals surface area (Å²) >= 11 is 0. The van der Waals surface area contributed by atoms with Crippen LogP contribution >= 0.6 is 0 Å². The fourth-order valence-electron chi connectivity index (χ4n) is 3.73. The number of methoxy groups -OCH3 is 2. The summed E-state index contributed by atoms with van der Waals surface area (Å²) in [4.78, 5) is 23.3. The highest BCUT2D eigenvalue weighted by atomic mass is 16.7.